The number of fused-ring (bicyclic) bond motifs is 1. The average Bonchev–Trinajstić information content (AvgIpc) is 2.84. The maximum Gasteiger partial charge on any atom is 0.267 e. The molecule has 1 aliphatic rings. The van der Waals surface area contributed by atoms with E-state index in [9.17, 15) is 9.59 Å². The fourth-order valence-corrected chi connectivity index (χ4v) is 3.87. The van der Waals surface area contributed by atoms with E-state index in [0.29, 0.717) is 36.9 Å². The monoisotopic (exact) mass is 474 g/mol. The molecule has 0 fully saturated rings. The number of carbonyl (C=O) groups is 2. The summed E-state index contributed by atoms with van der Waals surface area (Å²) >= 11 is 0. The largest absolute Gasteiger partial charge is 0.494 e. The van der Waals surface area contributed by atoms with E-state index in [1.54, 1.807) is 30.0 Å². The zero-order valence-corrected chi connectivity index (χ0v) is 20.2. The maximum absolute atomic E-state index is 12.9. The van der Waals surface area contributed by atoms with Crippen LogP contribution in [-0.2, 0) is 16.0 Å². The maximum atomic E-state index is 12.9. The number of carbonyl (C=O) groups excluding carboxylic acids is 2. The van der Waals surface area contributed by atoms with Gasteiger partial charge in [0.1, 0.15) is 23.9 Å². The summed E-state index contributed by atoms with van der Waals surface area (Å²) in [7, 11) is 0. The minimum absolute atomic E-state index is 0.150. The number of benzene rings is 3. The van der Waals surface area contributed by atoms with E-state index in [1.807, 2.05) is 62.4 Å². The molecular formula is C28H30N2O5. The van der Waals surface area contributed by atoms with E-state index in [4.69, 9.17) is 14.2 Å². The second kappa shape index (κ2) is 11.0. The summed E-state index contributed by atoms with van der Waals surface area (Å²) < 4.78 is 17.1. The molecule has 1 heterocycles. The van der Waals surface area contributed by atoms with Crippen LogP contribution in [0.15, 0.2) is 66.7 Å². The molecule has 2 amide bonds. The van der Waals surface area contributed by atoms with Gasteiger partial charge in [-0.25, -0.2) is 0 Å². The van der Waals surface area contributed by atoms with E-state index in [2.05, 4.69) is 5.32 Å². The SMILES string of the molecule is CCOc1ccc(CC(=O)Nc2ccc3c(c2)N(CCOc2ccc(C)cc2)C(=O)C(C)O3)cc1. The Morgan fingerprint density at radius 2 is 1.69 bits per heavy atom. The Morgan fingerprint density at radius 3 is 2.40 bits per heavy atom. The van der Waals surface area contributed by atoms with Crippen molar-refractivity contribution in [1.29, 1.82) is 0 Å². The normalized spacial score (nSPS) is 14.7. The van der Waals surface area contributed by atoms with E-state index in [1.165, 1.54) is 0 Å². The third-order valence-corrected chi connectivity index (χ3v) is 5.65. The molecule has 4 rings (SSSR count). The van der Waals surface area contributed by atoms with Crippen molar-refractivity contribution in [3.05, 3.63) is 77.9 Å². The first-order chi connectivity index (χ1) is 16.9. The molecule has 1 N–H and O–H groups in total. The van der Waals surface area contributed by atoms with E-state index in [-0.39, 0.29) is 18.2 Å². The minimum Gasteiger partial charge on any atom is -0.494 e. The second-order valence-electron chi connectivity index (χ2n) is 8.40. The number of aryl methyl sites for hydroxylation is 1. The van der Waals surface area contributed by atoms with Gasteiger partial charge >= 0.3 is 0 Å². The summed E-state index contributed by atoms with van der Waals surface area (Å²) in [4.78, 5) is 27.2. The van der Waals surface area contributed by atoms with Crippen LogP contribution in [0.1, 0.15) is 25.0 Å². The highest BCUT2D eigenvalue weighted by Crippen LogP contribution is 2.36. The predicted octanol–water partition coefficient (Wildman–Crippen LogP) is 4.77. The van der Waals surface area contributed by atoms with E-state index < -0.39 is 6.10 Å². The molecule has 3 aromatic carbocycles. The van der Waals surface area contributed by atoms with Gasteiger partial charge in [-0.2, -0.15) is 0 Å². The number of rotatable bonds is 9. The standard InChI is InChI=1S/C28H30N2O5/c1-4-33-23-12-7-21(8-13-23)17-27(31)29-22-9-14-26-25(18-22)30(28(32)20(3)35-26)15-16-34-24-10-5-19(2)6-11-24/h5-14,18,20H,4,15-17H2,1-3H3,(H,29,31). The summed E-state index contributed by atoms with van der Waals surface area (Å²) in [6, 6.07) is 20.6. The molecule has 0 spiro atoms. The highest BCUT2D eigenvalue weighted by atomic mass is 16.5. The Bertz CT molecular complexity index is 1170. The van der Waals surface area contributed by atoms with Gasteiger partial charge in [-0.15, -0.1) is 0 Å². The number of amides is 2. The molecule has 7 nitrogen and oxygen atoms in total. The zero-order valence-electron chi connectivity index (χ0n) is 20.2. The summed E-state index contributed by atoms with van der Waals surface area (Å²) in [5.41, 5.74) is 3.24. The molecule has 1 unspecified atom stereocenters. The number of nitrogens with zero attached hydrogens (tertiary/aromatic N) is 1. The van der Waals surface area contributed by atoms with Crippen molar-refractivity contribution in [3.63, 3.8) is 0 Å². The van der Waals surface area contributed by atoms with E-state index in [0.717, 1.165) is 22.6 Å². The molecule has 35 heavy (non-hydrogen) atoms. The van der Waals surface area contributed by atoms with Crippen LogP contribution in [0.2, 0.25) is 0 Å². The average molecular weight is 475 g/mol. The van der Waals surface area contributed by atoms with Crippen molar-refractivity contribution in [2.75, 3.05) is 30.0 Å². The number of ether oxygens (including phenoxy) is 3. The van der Waals surface area contributed by atoms with Gasteiger partial charge in [-0.05, 0) is 68.8 Å². The van der Waals surface area contributed by atoms with Gasteiger partial charge in [-0.3, -0.25) is 9.59 Å². The second-order valence-corrected chi connectivity index (χ2v) is 8.40. The van der Waals surface area contributed by atoms with Gasteiger partial charge in [0.25, 0.3) is 5.91 Å². The van der Waals surface area contributed by atoms with Gasteiger partial charge in [0, 0.05) is 5.69 Å². The Labute approximate surface area is 205 Å². The molecule has 0 saturated heterocycles. The molecular weight excluding hydrogens is 444 g/mol. The summed E-state index contributed by atoms with van der Waals surface area (Å²) in [5.74, 6) is 1.82. The highest BCUT2D eigenvalue weighted by Gasteiger charge is 2.31. The van der Waals surface area contributed by atoms with Crippen LogP contribution in [-0.4, -0.2) is 37.7 Å². The molecule has 0 aliphatic carbocycles. The van der Waals surface area contributed by atoms with Crippen LogP contribution >= 0.6 is 0 Å². The molecule has 0 bridgehead atoms. The number of hydrogen-bond acceptors (Lipinski definition) is 5. The highest BCUT2D eigenvalue weighted by molar-refractivity contribution is 6.01. The third kappa shape index (κ3) is 6.12. The molecule has 0 saturated carbocycles. The lowest BCUT2D eigenvalue weighted by molar-refractivity contribution is -0.125. The fourth-order valence-electron chi connectivity index (χ4n) is 3.87. The number of hydrogen-bond donors (Lipinski definition) is 1. The molecule has 1 aliphatic heterocycles. The topological polar surface area (TPSA) is 77.1 Å². The lowest BCUT2D eigenvalue weighted by Crippen LogP contribution is -2.46. The fraction of sp³-hybridized carbons (Fsp3) is 0.286. The van der Waals surface area contributed by atoms with Crippen molar-refractivity contribution in [2.45, 2.75) is 33.3 Å². The van der Waals surface area contributed by atoms with Crippen molar-refractivity contribution < 1.29 is 23.8 Å². The number of anilines is 2. The van der Waals surface area contributed by atoms with Gasteiger partial charge < -0.3 is 24.4 Å². The molecule has 7 heteroatoms. The molecule has 1 atom stereocenters. The Morgan fingerprint density at radius 1 is 1.00 bits per heavy atom. The molecule has 3 aromatic rings. The van der Waals surface area contributed by atoms with Gasteiger partial charge in [0.05, 0.1) is 25.3 Å². The van der Waals surface area contributed by atoms with Crippen molar-refractivity contribution in [2.24, 2.45) is 0 Å². The summed E-state index contributed by atoms with van der Waals surface area (Å²) in [5, 5.41) is 2.92. The van der Waals surface area contributed by atoms with Crippen molar-refractivity contribution in [1.82, 2.24) is 0 Å². The van der Waals surface area contributed by atoms with Crippen LogP contribution in [0.4, 0.5) is 11.4 Å². The Kier molecular flexibility index (Phi) is 7.55. The summed E-state index contributed by atoms with van der Waals surface area (Å²) in [6.45, 7) is 6.95. The van der Waals surface area contributed by atoms with Gasteiger partial charge in [0.2, 0.25) is 5.91 Å². The lowest BCUT2D eigenvalue weighted by atomic mass is 10.1. The smallest absolute Gasteiger partial charge is 0.267 e. The van der Waals surface area contributed by atoms with Crippen LogP contribution in [0.3, 0.4) is 0 Å². The third-order valence-electron chi connectivity index (χ3n) is 5.65. The molecule has 0 aromatic heterocycles. The van der Waals surface area contributed by atoms with Gasteiger partial charge in [0.15, 0.2) is 6.10 Å². The Hall–Kier alpha value is -4.00. The number of nitrogens with one attached hydrogen (secondary N) is 1. The predicted molar refractivity (Wildman–Crippen MR) is 136 cm³/mol. The minimum atomic E-state index is -0.595. The zero-order chi connectivity index (χ0) is 24.8. The Balaban J connectivity index is 1.42. The summed E-state index contributed by atoms with van der Waals surface area (Å²) in [6.07, 6.45) is -0.369. The lowest BCUT2D eigenvalue weighted by Gasteiger charge is -2.33. The van der Waals surface area contributed by atoms with Crippen LogP contribution < -0.4 is 24.4 Å². The van der Waals surface area contributed by atoms with Crippen LogP contribution in [0, 0.1) is 6.92 Å². The molecule has 182 valence electrons. The van der Waals surface area contributed by atoms with Crippen molar-refractivity contribution >= 4 is 23.2 Å². The van der Waals surface area contributed by atoms with Crippen LogP contribution in [0.25, 0.3) is 0 Å². The van der Waals surface area contributed by atoms with E-state index >= 15 is 0 Å². The van der Waals surface area contributed by atoms with Gasteiger partial charge in [-0.1, -0.05) is 29.8 Å². The van der Waals surface area contributed by atoms with Crippen molar-refractivity contribution in [3.8, 4) is 17.2 Å². The first kappa shape index (κ1) is 24.1. The first-order valence-electron chi connectivity index (χ1n) is 11.8. The molecule has 0 radical (unpaired) electrons. The first-order valence-corrected chi connectivity index (χ1v) is 11.8. The van der Waals surface area contributed by atoms with Crippen LogP contribution in [0.5, 0.6) is 17.2 Å². The quantitative estimate of drug-likeness (QED) is 0.484.